The third-order valence-electron chi connectivity index (χ3n) is 6.50. The summed E-state index contributed by atoms with van der Waals surface area (Å²) in [6.07, 6.45) is -0.367. The summed E-state index contributed by atoms with van der Waals surface area (Å²) in [5, 5.41) is 25.9. The second-order valence-corrected chi connectivity index (χ2v) is 10.4. The molecule has 0 unspecified atom stereocenters. The molecule has 0 aliphatic carbocycles. The molecule has 0 spiro atoms. The van der Waals surface area contributed by atoms with E-state index in [4.69, 9.17) is 61.5 Å². The molecule has 2 aliphatic rings. The van der Waals surface area contributed by atoms with Gasteiger partial charge in [-0.05, 0) is 55.0 Å². The zero-order valence-corrected chi connectivity index (χ0v) is 32.7. The molecule has 2 aliphatic heterocycles. The number of carbonyl (C=O) groups is 4. The van der Waals surface area contributed by atoms with Crippen LogP contribution in [0.15, 0.2) is 48.5 Å². The van der Waals surface area contributed by atoms with Gasteiger partial charge in [0.2, 0.25) is 0 Å². The molecule has 2 fully saturated rings. The minimum atomic E-state index is -0.583. The number of carbonyl (C=O) groups excluding carboxylic acids is 4. The summed E-state index contributed by atoms with van der Waals surface area (Å²) in [6, 6.07) is 12.0. The fourth-order valence-electron chi connectivity index (χ4n) is 3.81. The van der Waals surface area contributed by atoms with Gasteiger partial charge < -0.3 is 62.7 Å². The van der Waals surface area contributed by atoms with Crippen LogP contribution in [0.1, 0.15) is 54.8 Å². The van der Waals surface area contributed by atoms with Gasteiger partial charge in [-0.25, -0.2) is 19.2 Å². The molecule has 0 atom stereocenters. The molecule has 0 bridgehead atoms. The number of rotatable bonds is 15. The third-order valence-corrected chi connectivity index (χ3v) is 6.50. The van der Waals surface area contributed by atoms with Gasteiger partial charge in [-0.3, -0.25) is 0 Å². The summed E-state index contributed by atoms with van der Waals surface area (Å²) < 4.78 is 58.1. The zero-order chi connectivity index (χ0) is 39.3. The Balaban J connectivity index is 0.000000397. The van der Waals surface area contributed by atoms with Crippen molar-refractivity contribution in [2.75, 3.05) is 87.0 Å². The molecule has 0 radical (unpaired) electrons. The van der Waals surface area contributed by atoms with Crippen molar-refractivity contribution in [3.8, 4) is 0 Å². The number of aliphatic hydroxyl groups is 3. The van der Waals surface area contributed by atoms with Crippen LogP contribution >= 0.6 is 0 Å². The van der Waals surface area contributed by atoms with Gasteiger partial charge in [-0.1, -0.05) is 6.92 Å². The quantitative estimate of drug-likeness (QED) is 0.0984. The molecule has 2 aromatic carbocycles. The average molecular weight is 808 g/mol. The van der Waals surface area contributed by atoms with Crippen LogP contribution in [0.3, 0.4) is 0 Å². The number of hydrogen-bond donors (Lipinski definition) is 3. The van der Waals surface area contributed by atoms with E-state index in [0.29, 0.717) is 62.1 Å². The Labute approximate surface area is 316 Å². The average Bonchev–Trinajstić information content (AvgIpc) is 3.22. The van der Waals surface area contributed by atoms with Crippen molar-refractivity contribution in [3.05, 3.63) is 70.8 Å². The fraction of sp³-hybridized carbons (Fsp3) is 0.529. The van der Waals surface area contributed by atoms with E-state index in [9.17, 15) is 19.2 Å². The Morgan fingerprint density at radius 3 is 1.51 bits per heavy atom. The van der Waals surface area contributed by atoms with Crippen molar-refractivity contribution in [3.63, 3.8) is 0 Å². The van der Waals surface area contributed by atoms with E-state index < -0.39 is 30.1 Å². The van der Waals surface area contributed by atoms with Crippen LogP contribution in [0.25, 0.3) is 0 Å². The number of hydrogen-bond acceptors (Lipinski definition) is 18. The first kappa shape index (κ1) is 47.4. The van der Waals surface area contributed by atoms with Crippen molar-refractivity contribution in [1.82, 2.24) is 0 Å². The molecule has 3 N–H and O–H groups in total. The van der Waals surface area contributed by atoms with E-state index in [1.54, 1.807) is 12.1 Å². The van der Waals surface area contributed by atoms with E-state index >= 15 is 0 Å². The molecule has 0 aromatic heterocycles. The van der Waals surface area contributed by atoms with E-state index in [2.05, 4.69) is 4.74 Å². The van der Waals surface area contributed by atoms with Crippen molar-refractivity contribution in [2.45, 2.75) is 31.7 Å². The van der Waals surface area contributed by atoms with Crippen molar-refractivity contribution >= 4 is 23.9 Å². The number of aliphatic hydroxyl groups excluding tert-OH is 3. The predicted molar refractivity (Wildman–Crippen MR) is 174 cm³/mol. The van der Waals surface area contributed by atoms with Gasteiger partial charge >= 0.3 is 45.7 Å². The molecule has 19 heteroatoms. The Morgan fingerprint density at radius 2 is 1.09 bits per heavy atom. The Bertz CT molecular complexity index is 1290. The molecule has 2 saturated heterocycles. The van der Waals surface area contributed by atoms with Crippen LogP contribution in [0.2, 0.25) is 0 Å². The Morgan fingerprint density at radius 1 is 0.679 bits per heavy atom. The Hall–Kier alpha value is -3.62. The van der Waals surface area contributed by atoms with E-state index in [0.717, 1.165) is 6.42 Å². The first-order valence-corrected chi connectivity index (χ1v) is 17.5. The Kier molecular flexibility index (Phi) is 26.6. The first-order valence-electron chi connectivity index (χ1n) is 16.2. The van der Waals surface area contributed by atoms with Crippen LogP contribution < -0.4 is 0 Å². The molecule has 18 nitrogen and oxygen atoms in total. The monoisotopic (exact) mass is 806 g/mol. The molecule has 2 heterocycles. The van der Waals surface area contributed by atoms with Gasteiger partial charge in [0, 0.05) is 0 Å². The second-order valence-electron chi connectivity index (χ2n) is 10.4. The summed E-state index contributed by atoms with van der Waals surface area (Å²) in [5.41, 5.74) is 1.46. The SMILES string of the molecule is CCCOC(=O)c1ccc(C(=O)OC)cc1.O=C(OCCO)c1ccc(C(=O)OC2COCOC2)cc1.OCC(CO)OCOC1COCOC1.[O]=[Zn]. The number of methoxy groups -OCH3 is 1. The van der Waals surface area contributed by atoms with E-state index in [-0.39, 0.29) is 70.3 Å². The van der Waals surface area contributed by atoms with Crippen molar-refractivity contribution in [1.29, 1.82) is 0 Å². The maximum atomic E-state index is 11.9. The molecule has 2 aromatic rings. The molecule has 4 rings (SSSR count). The predicted octanol–water partition coefficient (Wildman–Crippen LogP) is 0.987. The normalized spacial score (nSPS) is 14.2. The number of esters is 4. The van der Waals surface area contributed by atoms with Gasteiger partial charge in [0.05, 0.1) is 82.2 Å². The van der Waals surface area contributed by atoms with Crippen LogP contribution in [-0.4, -0.2) is 144 Å². The van der Waals surface area contributed by atoms with Gasteiger partial charge in [0.25, 0.3) is 0 Å². The van der Waals surface area contributed by atoms with Gasteiger partial charge in [-0.2, -0.15) is 0 Å². The summed E-state index contributed by atoms with van der Waals surface area (Å²) >= 11 is 0.125. The molecular weight excluding hydrogens is 762 g/mol. The van der Waals surface area contributed by atoms with Gasteiger partial charge in [-0.15, -0.1) is 0 Å². The topological polar surface area (TPSA) is 238 Å². The van der Waals surface area contributed by atoms with Crippen molar-refractivity contribution < 1.29 is 104 Å². The summed E-state index contributed by atoms with van der Waals surface area (Å²) in [5.74, 6) is -1.87. The maximum absolute atomic E-state index is 11.9. The zero-order valence-electron chi connectivity index (χ0n) is 29.7. The van der Waals surface area contributed by atoms with Crippen molar-refractivity contribution in [2.24, 2.45) is 0 Å². The van der Waals surface area contributed by atoms with Gasteiger partial charge in [0.15, 0.2) is 0 Å². The summed E-state index contributed by atoms with van der Waals surface area (Å²) in [4.78, 5) is 45.9. The van der Waals surface area contributed by atoms with E-state index in [1.807, 2.05) is 6.92 Å². The van der Waals surface area contributed by atoms with Crippen LogP contribution in [-0.2, 0) is 69.2 Å². The summed E-state index contributed by atoms with van der Waals surface area (Å²) in [6.45, 7) is 3.66. The first-order chi connectivity index (χ1) is 25.8. The van der Waals surface area contributed by atoms with Crippen LogP contribution in [0, 0.1) is 0 Å². The molecular formula is C34H46O18Zn. The van der Waals surface area contributed by atoms with E-state index in [1.165, 1.54) is 43.5 Å². The van der Waals surface area contributed by atoms with Crippen LogP contribution in [0.4, 0.5) is 0 Å². The molecule has 53 heavy (non-hydrogen) atoms. The molecule has 0 saturated carbocycles. The summed E-state index contributed by atoms with van der Waals surface area (Å²) in [7, 11) is 1.31. The standard InChI is InChI=1S/C14H16O7.C12H14O4.C8H16O6.O.Zn/c15-5-6-20-13(16)10-1-3-11(4-2-10)14(17)21-12-7-18-9-19-8-12;1-3-8-16-12(14)10-6-4-9(5-7-10)11(13)15-2;9-1-7(2-10)13-6-14-8-3-11-5-12-4-8;;/h1-4,12,15H,5-9H2;4-7H,3,8H2,1-2H3;7-10H,1-6H2;;. The number of ether oxygens (including phenoxy) is 10. The molecule has 0 amide bonds. The minimum absolute atomic E-state index is 0.0170. The number of benzene rings is 2. The second kappa shape index (κ2) is 29.8. The van der Waals surface area contributed by atoms with Gasteiger partial charge in [0.1, 0.15) is 45.3 Å². The fourth-order valence-corrected chi connectivity index (χ4v) is 3.81. The molecule has 292 valence electrons. The third kappa shape index (κ3) is 19.9. The van der Waals surface area contributed by atoms with Crippen LogP contribution in [0.5, 0.6) is 0 Å².